The van der Waals surface area contributed by atoms with Gasteiger partial charge < -0.3 is 11.1 Å². The number of hydrogen-bond donors (Lipinski definition) is 2. The number of thioether (sulfide) groups is 1. The van der Waals surface area contributed by atoms with Crippen molar-refractivity contribution in [3.63, 3.8) is 0 Å². The molecule has 0 fully saturated rings. The summed E-state index contributed by atoms with van der Waals surface area (Å²) in [5.41, 5.74) is 7.68. The second-order valence-corrected chi connectivity index (χ2v) is 5.96. The molecule has 1 amide bonds. The molecule has 0 spiro atoms. The summed E-state index contributed by atoms with van der Waals surface area (Å²) in [6.45, 7) is 1.95. The molecule has 2 aromatic carbocycles. The number of anilines is 2. The normalized spacial score (nSPS) is 10.4. The Morgan fingerprint density at radius 1 is 1.33 bits per heavy atom. The van der Waals surface area contributed by atoms with Crippen LogP contribution in [0.25, 0.3) is 0 Å². The van der Waals surface area contributed by atoms with Crippen molar-refractivity contribution in [3.05, 3.63) is 52.8 Å². The van der Waals surface area contributed by atoms with Crippen molar-refractivity contribution in [2.75, 3.05) is 16.8 Å². The molecule has 3 nitrogen and oxygen atoms in total. The maximum absolute atomic E-state index is 13.6. The standard InChI is InChI=1S/C15H14ClFN2OS/c1-9-2-5-14(12(18)6-9)21-8-15(20)19-13-4-3-10(16)7-11(13)17/h2-7H,8,18H2,1H3,(H,19,20). The molecule has 3 N–H and O–H groups in total. The Hall–Kier alpha value is -1.72. The van der Waals surface area contributed by atoms with Gasteiger partial charge in [0, 0.05) is 15.6 Å². The van der Waals surface area contributed by atoms with Crippen LogP contribution in [0.4, 0.5) is 15.8 Å². The molecule has 2 aromatic rings. The number of nitrogen functional groups attached to an aromatic ring is 1. The fraction of sp³-hybridized carbons (Fsp3) is 0.133. The first kappa shape index (κ1) is 15.7. The zero-order valence-corrected chi connectivity index (χ0v) is 12.9. The predicted octanol–water partition coefficient (Wildman–Crippen LogP) is 4.10. The van der Waals surface area contributed by atoms with Gasteiger partial charge in [0.15, 0.2) is 0 Å². The van der Waals surface area contributed by atoms with Gasteiger partial charge in [0.2, 0.25) is 5.91 Å². The van der Waals surface area contributed by atoms with Crippen molar-refractivity contribution in [2.24, 2.45) is 0 Å². The Kier molecular flexibility index (Phi) is 5.09. The largest absolute Gasteiger partial charge is 0.398 e. The van der Waals surface area contributed by atoms with Gasteiger partial charge in [-0.2, -0.15) is 0 Å². The minimum atomic E-state index is -0.560. The van der Waals surface area contributed by atoms with E-state index in [0.717, 1.165) is 16.5 Å². The van der Waals surface area contributed by atoms with Crippen molar-refractivity contribution < 1.29 is 9.18 Å². The summed E-state index contributed by atoms with van der Waals surface area (Å²) in [4.78, 5) is 12.7. The topological polar surface area (TPSA) is 55.1 Å². The Morgan fingerprint density at radius 3 is 2.76 bits per heavy atom. The lowest BCUT2D eigenvalue weighted by atomic mass is 10.2. The second kappa shape index (κ2) is 6.83. The molecule has 0 heterocycles. The summed E-state index contributed by atoms with van der Waals surface area (Å²) < 4.78 is 13.6. The van der Waals surface area contributed by atoms with E-state index in [1.54, 1.807) is 0 Å². The van der Waals surface area contributed by atoms with E-state index in [2.05, 4.69) is 5.32 Å². The Bertz CT molecular complexity index is 679. The highest BCUT2D eigenvalue weighted by Crippen LogP contribution is 2.26. The lowest BCUT2D eigenvalue weighted by Crippen LogP contribution is -2.15. The van der Waals surface area contributed by atoms with Crippen LogP contribution in [-0.4, -0.2) is 11.7 Å². The molecule has 0 saturated heterocycles. The molecule has 0 radical (unpaired) electrons. The van der Waals surface area contributed by atoms with E-state index in [0.29, 0.717) is 5.69 Å². The third-order valence-corrected chi connectivity index (χ3v) is 4.05. The summed E-state index contributed by atoms with van der Waals surface area (Å²) in [6.07, 6.45) is 0. The van der Waals surface area contributed by atoms with E-state index in [-0.39, 0.29) is 22.4 Å². The van der Waals surface area contributed by atoms with Crippen LogP contribution in [-0.2, 0) is 4.79 Å². The molecule has 2 rings (SSSR count). The molecule has 6 heteroatoms. The zero-order chi connectivity index (χ0) is 15.4. The average Bonchev–Trinajstić information content (AvgIpc) is 2.41. The first-order valence-corrected chi connectivity index (χ1v) is 7.56. The Morgan fingerprint density at radius 2 is 2.10 bits per heavy atom. The number of aryl methyl sites for hydroxylation is 1. The van der Waals surface area contributed by atoms with Crippen LogP contribution in [0.15, 0.2) is 41.3 Å². The number of carbonyl (C=O) groups is 1. The Labute approximate surface area is 131 Å². The van der Waals surface area contributed by atoms with Gasteiger partial charge in [-0.15, -0.1) is 11.8 Å². The van der Waals surface area contributed by atoms with Gasteiger partial charge in [0.1, 0.15) is 5.82 Å². The summed E-state index contributed by atoms with van der Waals surface area (Å²) in [7, 11) is 0. The molecular weight excluding hydrogens is 311 g/mol. The highest BCUT2D eigenvalue weighted by atomic mass is 35.5. The van der Waals surface area contributed by atoms with Crippen LogP contribution in [0.1, 0.15) is 5.56 Å². The molecule has 0 atom stereocenters. The van der Waals surface area contributed by atoms with Crippen LogP contribution in [0.5, 0.6) is 0 Å². The number of carbonyl (C=O) groups excluding carboxylic acids is 1. The van der Waals surface area contributed by atoms with E-state index >= 15 is 0 Å². The second-order valence-electron chi connectivity index (χ2n) is 4.50. The molecule has 0 aromatic heterocycles. The lowest BCUT2D eigenvalue weighted by Gasteiger charge is -2.08. The van der Waals surface area contributed by atoms with Gasteiger partial charge >= 0.3 is 0 Å². The van der Waals surface area contributed by atoms with Crippen LogP contribution >= 0.6 is 23.4 Å². The average molecular weight is 325 g/mol. The van der Waals surface area contributed by atoms with Crippen LogP contribution in [0.2, 0.25) is 5.02 Å². The number of nitrogens with one attached hydrogen (secondary N) is 1. The maximum Gasteiger partial charge on any atom is 0.234 e. The first-order chi connectivity index (χ1) is 9.95. The van der Waals surface area contributed by atoms with E-state index < -0.39 is 5.82 Å². The SMILES string of the molecule is Cc1ccc(SCC(=O)Nc2ccc(Cl)cc2F)c(N)c1. The molecule has 0 bridgehead atoms. The third-order valence-electron chi connectivity index (χ3n) is 2.73. The van der Waals surface area contributed by atoms with E-state index in [1.807, 2.05) is 25.1 Å². The molecule has 0 aliphatic heterocycles. The van der Waals surface area contributed by atoms with E-state index in [4.69, 9.17) is 17.3 Å². The van der Waals surface area contributed by atoms with Gasteiger partial charge in [-0.25, -0.2) is 4.39 Å². The highest BCUT2D eigenvalue weighted by Gasteiger charge is 2.09. The number of nitrogens with two attached hydrogens (primary N) is 1. The molecule has 0 unspecified atom stereocenters. The number of amides is 1. The van der Waals surface area contributed by atoms with Gasteiger partial charge in [-0.3, -0.25) is 4.79 Å². The van der Waals surface area contributed by atoms with Crippen molar-refractivity contribution >= 4 is 40.6 Å². The summed E-state index contributed by atoms with van der Waals surface area (Å²) in [6, 6.07) is 9.74. The monoisotopic (exact) mass is 324 g/mol. The number of rotatable bonds is 4. The smallest absolute Gasteiger partial charge is 0.234 e. The highest BCUT2D eigenvalue weighted by molar-refractivity contribution is 8.00. The van der Waals surface area contributed by atoms with E-state index in [1.165, 1.54) is 23.9 Å². The van der Waals surface area contributed by atoms with Crippen LogP contribution < -0.4 is 11.1 Å². The zero-order valence-electron chi connectivity index (χ0n) is 11.3. The van der Waals surface area contributed by atoms with E-state index in [9.17, 15) is 9.18 Å². The van der Waals surface area contributed by atoms with Crippen LogP contribution in [0, 0.1) is 12.7 Å². The third kappa shape index (κ3) is 4.37. The molecule has 110 valence electrons. The van der Waals surface area contributed by atoms with Crippen molar-refractivity contribution in [3.8, 4) is 0 Å². The molecule has 0 saturated carbocycles. The van der Waals surface area contributed by atoms with Crippen molar-refractivity contribution in [1.82, 2.24) is 0 Å². The summed E-state index contributed by atoms with van der Waals surface area (Å²) in [5.74, 6) is -0.716. The Balaban J connectivity index is 1.96. The molecule has 0 aliphatic rings. The lowest BCUT2D eigenvalue weighted by molar-refractivity contribution is -0.113. The summed E-state index contributed by atoms with van der Waals surface area (Å²) >= 11 is 6.96. The quantitative estimate of drug-likeness (QED) is 0.657. The van der Waals surface area contributed by atoms with Gasteiger partial charge in [-0.1, -0.05) is 17.7 Å². The number of hydrogen-bond acceptors (Lipinski definition) is 3. The van der Waals surface area contributed by atoms with Gasteiger partial charge in [-0.05, 0) is 42.8 Å². The number of benzene rings is 2. The molecule has 0 aliphatic carbocycles. The van der Waals surface area contributed by atoms with Crippen LogP contribution in [0.3, 0.4) is 0 Å². The van der Waals surface area contributed by atoms with Gasteiger partial charge in [0.05, 0.1) is 11.4 Å². The fourth-order valence-electron chi connectivity index (χ4n) is 1.72. The first-order valence-electron chi connectivity index (χ1n) is 6.19. The maximum atomic E-state index is 13.6. The minimum Gasteiger partial charge on any atom is -0.398 e. The fourth-order valence-corrected chi connectivity index (χ4v) is 2.63. The minimum absolute atomic E-state index is 0.113. The molecule has 21 heavy (non-hydrogen) atoms. The van der Waals surface area contributed by atoms with Gasteiger partial charge in [0.25, 0.3) is 0 Å². The number of halogens is 2. The summed E-state index contributed by atoms with van der Waals surface area (Å²) in [5, 5.41) is 2.79. The van der Waals surface area contributed by atoms with Crippen molar-refractivity contribution in [1.29, 1.82) is 0 Å². The van der Waals surface area contributed by atoms with Crippen molar-refractivity contribution in [2.45, 2.75) is 11.8 Å². The molecular formula is C15H14ClFN2OS. The predicted molar refractivity (Wildman–Crippen MR) is 86.4 cm³/mol.